The van der Waals surface area contributed by atoms with Crippen molar-refractivity contribution in [2.45, 2.75) is 13.0 Å². The van der Waals surface area contributed by atoms with Crippen molar-refractivity contribution in [2.75, 3.05) is 26.7 Å². The molecule has 2 rings (SSSR count). The molecule has 2 nitrogen and oxygen atoms in total. The maximum atomic E-state index is 13.8. The molecule has 0 saturated carbocycles. The highest BCUT2D eigenvalue weighted by Gasteiger charge is 2.24. The third-order valence-electron chi connectivity index (χ3n) is 3.12. The van der Waals surface area contributed by atoms with Gasteiger partial charge in [-0.25, -0.2) is 4.39 Å². The van der Waals surface area contributed by atoms with Crippen molar-refractivity contribution in [3.8, 4) is 0 Å². The molecule has 15 heavy (non-hydrogen) atoms. The van der Waals surface area contributed by atoms with Gasteiger partial charge in [-0.3, -0.25) is 4.90 Å². The van der Waals surface area contributed by atoms with E-state index in [1.165, 1.54) is 0 Å². The minimum Gasteiger partial charge on any atom is -0.314 e. The predicted octanol–water partition coefficient (Wildman–Crippen LogP) is 1.71. The third-order valence-corrected chi connectivity index (χ3v) is 3.12. The average molecular weight is 208 g/mol. The second-order valence-electron chi connectivity index (χ2n) is 4.17. The SMILES string of the molecule is Cc1cccc(F)c1C1CNCCN1C. The molecule has 3 heteroatoms. The van der Waals surface area contributed by atoms with E-state index < -0.39 is 0 Å². The summed E-state index contributed by atoms with van der Waals surface area (Å²) in [5, 5.41) is 3.31. The Hall–Kier alpha value is -0.930. The Kier molecular flexibility index (Phi) is 3.03. The van der Waals surface area contributed by atoms with Crippen molar-refractivity contribution < 1.29 is 4.39 Å². The van der Waals surface area contributed by atoms with Gasteiger partial charge in [0.15, 0.2) is 0 Å². The summed E-state index contributed by atoms with van der Waals surface area (Å²) in [6, 6.07) is 5.45. The maximum absolute atomic E-state index is 13.8. The van der Waals surface area contributed by atoms with Crippen LogP contribution in [0, 0.1) is 12.7 Å². The number of nitrogens with zero attached hydrogens (tertiary/aromatic N) is 1. The molecule has 0 bridgehead atoms. The van der Waals surface area contributed by atoms with Gasteiger partial charge in [0.1, 0.15) is 5.82 Å². The Balaban J connectivity index is 2.35. The van der Waals surface area contributed by atoms with Crippen LogP contribution in [-0.4, -0.2) is 31.6 Å². The quantitative estimate of drug-likeness (QED) is 0.756. The molecule has 0 aromatic heterocycles. The monoisotopic (exact) mass is 208 g/mol. The van der Waals surface area contributed by atoms with Gasteiger partial charge in [-0.1, -0.05) is 12.1 Å². The van der Waals surface area contributed by atoms with E-state index in [0.717, 1.165) is 30.8 Å². The standard InChI is InChI=1S/C12H17FN2/c1-9-4-3-5-10(13)12(9)11-8-14-6-7-15(11)2/h3-5,11,14H,6-8H2,1-2H3. The van der Waals surface area contributed by atoms with Gasteiger partial charge >= 0.3 is 0 Å². The van der Waals surface area contributed by atoms with Crippen molar-refractivity contribution in [3.63, 3.8) is 0 Å². The molecule has 1 aromatic rings. The van der Waals surface area contributed by atoms with Gasteiger partial charge in [0.2, 0.25) is 0 Å². The highest BCUT2D eigenvalue weighted by Crippen LogP contribution is 2.26. The fourth-order valence-electron chi connectivity index (χ4n) is 2.20. The molecular formula is C12H17FN2. The third kappa shape index (κ3) is 2.03. The van der Waals surface area contributed by atoms with Crippen molar-refractivity contribution >= 4 is 0 Å². The van der Waals surface area contributed by atoms with Gasteiger partial charge in [0, 0.05) is 25.2 Å². The summed E-state index contributed by atoms with van der Waals surface area (Å²) < 4.78 is 13.8. The molecule has 1 aliphatic rings. The zero-order valence-electron chi connectivity index (χ0n) is 9.26. The number of aryl methyl sites for hydroxylation is 1. The second-order valence-corrected chi connectivity index (χ2v) is 4.17. The van der Waals surface area contributed by atoms with E-state index in [-0.39, 0.29) is 11.9 Å². The van der Waals surface area contributed by atoms with E-state index in [1.807, 2.05) is 13.0 Å². The van der Waals surface area contributed by atoms with Crippen LogP contribution in [-0.2, 0) is 0 Å². The molecule has 0 spiro atoms. The zero-order chi connectivity index (χ0) is 10.8. The summed E-state index contributed by atoms with van der Waals surface area (Å²) in [5.74, 6) is -0.0875. The molecule has 0 amide bonds. The van der Waals surface area contributed by atoms with E-state index in [1.54, 1.807) is 12.1 Å². The minimum atomic E-state index is -0.0875. The Morgan fingerprint density at radius 1 is 1.47 bits per heavy atom. The minimum absolute atomic E-state index is 0.0875. The topological polar surface area (TPSA) is 15.3 Å². The van der Waals surface area contributed by atoms with Crippen LogP contribution in [0.5, 0.6) is 0 Å². The molecule has 1 saturated heterocycles. The summed E-state index contributed by atoms with van der Waals surface area (Å²) in [6.07, 6.45) is 0. The number of piperazine rings is 1. The van der Waals surface area contributed by atoms with E-state index in [2.05, 4.69) is 17.3 Å². The molecule has 82 valence electrons. The lowest BCUT2D eigenvalue weighted by Gasteiger charge is -2.34. The Morgan fingerprint density at radius 2 is 2.27 bits per heavy atom. The van der Waals surface area contributed by atoms with Crippen LogP contribution in [0.1, 0.15) is 17.2 Å². The van der Waals surface area contributed by atoms with Crippen molar-refractivity contribution in [1.82, 2.24) is 10.2 Å². The average Bonchev–Trinajstić information content (AvgIpc) is 2.20. The van der Waals surface area contributed by atoms with Gasteiger partial charge in [-0.05, 0) is 25.6 Å². The zero-order valence-corrected chi connectivity index (χ0v) is 9.26. The van der Waals surface area contributed by atoms with Crippen molar-refractivity contribution in [2.24, 2.45) is 0 Å². The summed E-state index contributed by atoms with van der Waals surface area (Å²) in [7, 11) is 2.05. The molecule has 1 N–H and O–H groups in total. The van der Waals surface area contributed by atoms with Crippen LogP contribution in [0.2, 0.25) is 0 Å². The van der Waals surface area contributed by atoms with E-state index in [9.17, 15) is 4.39 Å². The van der Waals surface area contributed by atoms with Crippen LogP contribution in [0.15, 0.2) is 18.2 Å². The smallest absolute Gasteiger partial charge is 0.128 e. The lowest BCUT2D eigenvalue weighted by Crippen LogP contribution is -2.44. The van der Waals surface area contributed by atoms with E-state index >= 15 is 0 Å². The number of rotatable bonds is 1. The van der Waals surface area contributed by atoms with Crippen LogP contribution in [0.25, 0.3) is 0 Å². The number of nitrogens with one attached hydrogen (secondary N) is 1. The largest absolute Gasteiger partial charge is 0.314 e. The van der Waals surface area contributed by atoms with Crippen molar-refractivity contribution in [1.29, 1.82) is 0 Å². The first-order valence-electron chi connectivity index (χ1n) is 5.36. The Labute approximate surface area is 90.1 Å². The molecular weight excluding hydrogens is 191 g/mol. The Bertz CT molecular complexity index is 331. The molecule has 1 fully saturated rings. The van der Waals surface area contributed by atoms with Crippen LogP contribution in [0.3, 0.4) is 0 Å². The van der Waals surface area contributed by atoms with E-state index in [4.69, 9.17) is 0 Å². The molecule has 0 aliphatic carbocycles. The fourth-order valence-corrected chi connectivity index (χ4v) is 2.20. The molecule has 1 aromatic carbocycles. The lowest BCUT2D eigenvalue weighted by molar-refractivity contribution is 0.197. The number of halogens is 1. The maximum Gasteiger partial charge on any atom is 0.128 e. The number of hydrogen-bond donors (Lipinski definition) is 1. The first-order valence-corrected chi connectivity index (χ1v) is 5.36. The normalized spacial score (nSPS) is 23.0. The first kappa shape index (κ1) is 10.6. The second kappa shape index (κ2) is 4.29. The summed E-state index contributed by atoms with van der Waals surface area (Å²) in [5.41, 5.74) is 1.88. The number of benzene rings is 1. The molecule has 1 aliphatic heterocycles. The molecule has 1 unspecified atom stereocenters. The van der Waals surface area contributed by atoms with Gasteiger partial charge in [0.25, 0.3) is 0 Å². The van der Waals surface area contributed by atoms with Crippen molar-refractivity contribution in [3.05, 3.63) is 35.1 Å². The van der Waals surface area contributed by atoms with Gasteiger partial charge < -0.3 is 5.32 Å². The van der Waals surface area contributed by atoms with Gasteiger partial charge in [-0.2, -0.15) is 0 Å². The highest BCUT2D eigenvalue weighted by atomic mass is 19.1. The van der Waals surface area contributed by atoms with Gasteiger partial charge in [-0.15, -0.1) is 0 Å². The van der Waals surface area contributed by atoms with Gasteiger partial charge in [0.05, 0.1) is 6.04 Å². The summed E-state index contributed by atoms with van der Waals surface area (Å²) in [6.45, 7) is 4.76. The summed E-state index contributed by atoms with van der Waals surface area (Å²) in [4.78, 5) is 2.21. The number of hydrogen-bond acceptors (Lipinski definition) is 2. The first-order chi connectivity index (χ1) is 7.20. The highest BCUT2D eigenvalue weighted by molar-refractivity contribution is 5.31. The lowest BCUT2D eigenvalue weighted by atomic mass is 9.98. The molecule has 0 radical (unpaired) electrons. The molecule has 1 heterocycles. The molecule has 1 atom stereocenters. The van der Waals surface area contributed by atoms with E-state index in [0.29, 0.717) is 0 Å². The number of likely N-dealkylation sites (N-methyl/N-ethyl adjacent to an activating group) is 1. The fraction of sp³-hybridized carbons (Fsp3) is 0.500. The van der Waals surface area contributed by atoms with Crippen LogP contribution >= 0.6 is 0 Å². The summed E-state index contributed by atoms with van der Waals surface area (Å²) >= 11 is 0. The van der Waals surface area contributed by atoms with Crippen LogP contribution < -0.4 is 5.32 Å². The predicted molar refractivity (Wildman–Crippen MR) is 59.4 cm³/mol. The van der Waals surface area contributed by atoms with Crippen LogP contribution in [0.4, 0.5) is 4.39 Å². The Morgan fingerprint density at radius 3 is 2.93 bits per heavy atom.